The third kappa shape index (κ3) is 5.48. The van der Waals surface area contributed by atoms with Crippen molar-refractivity contribution in [2.45, 2.75) is 31.2 Å². The zero-order valence-corrected chi connectivity index (χ0v) is 19.3. The molecule has 1 amide bonds. The van der Waals surface area contributed by atoms with Crippen LogP contribution in [0.25, 0.3) is 0 Å². The van der Waals surface area contributed by atoms with Gasteiger partial charge >= 0.3 is 0 Å². The van der Waals surface area contributed by atoms with Crippen molar-refractivity contribution in [3.05, 3.63) is 90.0 Å². The fourth-order valence-electron chi connectivity index (χ4n) is 3.38. The summed E-state index contributed by atoms with van der Waals surface area (Å²) in [5.74, 6) is 0.216. The molecular weight excluding hydrogens is 424 g/mol. The monoisotopic (exact) mass is 452 g/mol. The average molecular weight is 453 g/mol. The van der Waals surface area contributed by atoms with Gasteiger partial charge in [-0.25, -0.2) is 8.42 Å². The molecule has 168 valence electrons. The van der Waals surface area contributed by atoms with Gasteiger partial charge in [-0.3, -0.25) is 9.10 Å². The summed E-state index contributed by atoms with van der Waals surface area (Å²) in [6.45, 7) is 3.52. The minimum Gasteiger partial charge on any atom is -0.497 e. The third-order valence-corrected chi connectivity index (χ3v) is 6.99. The molecule has 0 aliphatic rings. The first-order valence-electron chi connectivity index (χ1n) is 10.4. The molecule has 0 aromatic heterocycles. The van der Waals surface area contributed by atoms with E-state index in [2.05, 4.69) is 5.32 Å². The molecule has 0 spiro atoms. The van der Waals surface area contributed by atoms with Gasteiger partial charge in [-0.2, -0.15) is 0 Å². The topological polar surface area (TPSA) is 75.7 Å². The Morgan fingerprint density at radius 2 is 1.59 bits per heavy atom. The highest BCUT2D eigenvalue weighted by molar-refractivity contribution is 7.92. The molecule has 1 N–H and O–H groups in total. The second kappa shape index (κ2) is 10.3. The number of anilines is 1. The maximum absolute atomic E-state index is 13.5. The highest BCUT2D eigenvalue weighted by Gasteiger charge is 2.28. The van der Waals surface area contributed by atoms with Gasteiger partial charge in [0.2, 0.25) is 5.91 Å². The Morgan fingerprint density at radius 3 is 2.16 bits per heavy atom. The Balaban J connectivity index is 1.91. The maximum atomic E-state index is 13.5. The van der Waals surface area contributed by atoms with E-state index in [1.54, 1.807) is 48.5 Å². The second-order valence-corrected chi connectivity index (χ2v) is 9.32. The number of rotatable bonds is 9. The number of hydrogen-bond donors (Lipinski definition) is 1. The molecule has 6 nitrogen and oxygen atoms in total. The number of amides is 1. The van der Waals surface area contributed by atoms with Crippen LogP contribution in [0.5, 0.6) is 5.75 Å². The highest BCUT2D eigenvalue weighted by Crippen LogP contribution is 2.26. The van der Waals surface area contributed by atoms with E-state index in [-0.39, 0.29) is 23.4 Å². The first-order chi connectivity index (χ1) is 15.3. The molecule has 0 saturated heterocycles. The molecule has 32 heavy (non-hydrogen) atoms. The Bertz CT molecular complexity index is 1130. The summed E-state index contributed by atoms with van der Waals surface area (Å²) in [5.41, 5.74) is 2.31. The minimum atomic E-state index is -3.96. The third-order valence-electron chi connectivity index (χ3n) is 5.20. The van der Waals surface area contributed by atoms with E-state index in [0.717, 1.165) is 15.4 Å². The van der Waals surface area contributed by atoms with Crippen molar-refractivity contribution in [2.24, 2.45) is 0 Å². The van der Waals surface area contributed by atoms with Crippen LogP contribution in [0.15, 0.2) is 83.8 Å². The predicted molar refractivity (Wildman–Crippen MR) is 126 cm³/mol. The van der Waals surface area contributed by atoms with Gasteiger partial charge in [0.1, 0.15) is 12.3 Å². The van der Waals surface area contributed by atoms with Gasteiger partial charge in [-0.15, -0.1) is 0 Å². The van der Waals surface area contributed by atoms with Crippen molar-refractivity contribution in [3.63, 3.8) is 0 Å². The smallest absolute Gasteiger partial charge is 0.264 e. The summed E-state index contributed by atoms with van der Waals surface area (Å²) in [7, 11) is -2.42. The lowest BCUT2D eigenvalue weighted by molar-refractivity contribution is -0.120. The van der Waals surface area contributed by atoms with Crippen LogP contribution in [0, 0.1) is 6.92 Å². The molecule has 3 aromatic rings. The zero-order valence-electron chi connectivity index (χ0n) is 18.5. The van der Waals surface area contributed by atoms with Gasteiger partial charge in [0, 0.05) is 0 Å². The van der Waals surface area contributed by atoms with Crippen LogP contribution in [0.4, 0.5) is 5.69 Å². The summed E-state index contributed by atoms with van der Waals surface area (Å²) in [5, 5.41) is 2.97. The van der Waals surface area contributed by atoms with Crippen molar-refractivity contribution < 1.29 is 17.9 Å². The number of nitrogens with one attached hydrogen (secondary N) is 1. The number of ether oxygens (including phenoxy) is 1. The van der Waals surface area contributed by atoms with E-state index >= 15 is 0 Å². The van der Waals surface area contributed by atoms with Crippen molar-refractivity contribution >= 4 is 21.6 Å². The predicted octanol–water partition coefficient (Wildman–Crippen LogP) is 4.47. The summed E-state index contributed by atoms with van der Waals surface area (Å²) in [6.07, 6.45) is 0.684. The number of hydrogen-bond acceptors (Lipinski definition) is 4. The highest BCUT2D eigenvalue weighted by atomic mass is 32.2. The molecule has 0 radical (unpaired) electrons. The van der Waals surface area contributed by atoms with Gasteiger partial charge in [-0.1, -0.05) is 55.0 Å². The molecule has 0 fully saturated rings. The van der Waals surface area contributed by atoms with Crippen LogP contribution in [0.2, 0.25) is 0 Å². The molecular formula is C25H28N2O4S. The number of carbonyl (C=O) groups is 1. The van der Waals surface area contributed by atoms with Gasteiger partial charge in [0.15, 0.2) is 0 Å². The van der Waals surface area contributed by atoms with Gasteiger partial charge in [0.25, 0.3) is 10.0 Å². The lowest BCUT2D eigenvalue weighted by Gasteiger charge is -2.26. The lowest BCUT2D eigenvalue weighted by atomic mass is 10.0. The van der Waals surface area contributed by atoms with Crippen LogP contribution in [0.3, 0.4) is 0 Å². The minimum absolute atomic E-state index is 0.127. The quantitative estimate of drug-likeness (QED) is 0.520. The number of sulfonamides is 1. The van der Waals surface area contributed by atoms with Gasteiger partial charge < -0.3 is 10.1 Å². The number of benzene rings is 3. The number of methoxy groups -OCH3 is 1. The first-order valence-corrected chi connectivity index (χ1v) is 11.9. The van der Waals surface area contributed by atoms with E-state index < -0.39 is 10.0 Å². The molecule has 7 heteroatoms. The summed E-state index contributed by atoms with van der Waals surface area (Å²) in [4.78, 5) is 13.1. The Morgan fingerprint density at radius 1 is 0.969 bits per heavy atom. The molecule has 0 bridgehead atoms. The second-order valence-electron chi connectivity index (χ2n) is 7.46. The molecule has 0 aliphatic carbocycles. The molecule has 0 aliphatic heterocycles. The Kier molecular flexibility index (Phi) is 7.53. The molecule has 3 aromatic carbocycles. The Hall–Kier alpha value is -3.32. The van der Waals surface area contributed by atoms with Crippen molar-refractivity contribution in [1.82, 2.24) is 5.32 Å². The van der Waals surface area contributed by atoms with E-state index in [1.165, 1.54) is 7.11 Å². The van der Waals surface area contributed by atoms with E-state index in [1.807, 2.05) is 44.2 Å². The van der Waals surface area contributed by atoms with Gasteiger partial charge in [-0.05, 0) is 55.3 Å². The lowest BCUT2D eigenvalue weighted by Crippen LogP contribution is -2.42. The molecule has 0 unspecified atom stereocenters. The fraction of sp³-hybridized carbons (Fsp3) is 0.240. The van der Waals surface area contributed by atoms with E-state index in [4.69, 9.17) is 4.74 Å². The van der Waals surface area contributed by atoms with Crippen LogP contribution >= 0.6 is 0 Å². The van der Waals surface area contributed by atoms with E-state index in [9.17, 15) is 13.2 Å². The van der Waals surface area contributed by atoms with Crippen molar-refractivity contribution in [3.8, 4) is 5.75 Å². The van der Waals surface area contributed by atoms with Gasteiger partial charge in [0.05, 0.1) is 23.7 Å². The van der Waals surface area contributed by atoms with E-state index in [0.29, 0.717) is 17.9 Å². The maximum Gasteiger partial charge on any atom is 0.264 e. The normalized spacial score (nSPS) is 12.1. The summed E-state index contributed by atoms with van der Waals surface area (Å²) in [6, 6.07) is 22.6. The average Bonchev–Trinajstić information content (AvgIpc) is 2.82. The van der Waals surface area contributed by atoms with Crippen molar-refractivity contribution in [2.75, 3.05) is 18.0 Å². The Labute approximate surface area is 189 Å². The molecule has 3 rings (SSSR count). The fourth-order valence-corrected chi connectivity index (χ4v) is 4.80. The SMILES string of the molecule is CC[C@@H](NC(=O)CN(c1ccc(OC)cc1)S(=O)(=O)c1ccc(C)cc1)c1ccccc1. The number of carbonyl (C=O) groups excluding carboxylic acids is 1. The molecule has 0 heterocycles. The zero-order chi connectivity index (χ0) is 23.1. The van der Waals surface area contributed by atoms with Crippen LogP contribution < -0.4 is 14.4 Å². The van der Waals surface area contributed by atoms with Crippen molar-refractivity contribution in [1.29, 1.82) is 0 Å². The summed E-state index contributed by atoms with van der Waals surface area (Å²) < 4.78 is 33.3. The summed E-state index contributed by atoms with van der Waals surface area (Å²) >= 11 is 0. The van der Waals surface area contributed by atoms with Crippen LogP contribution in [-0.2, 0) is 14.8 Å². The first kappa shape index (κ1) is 23.3. The molecule has 1 atom stereocenters. The number of aryl methyl sites for hydroxylation is 1. The number of nitrogens with zero attached hydrogens (tertiary/aromatic N) is 1. The largest absolute Gasteiger partial charge is 0.497 e. The molecule has 0 saturated carbocycles. The van der Waals surface area contributed by atoms with Crippen LogP contribution in [0.1, 0.15) is 30.5 Å². The standard InChI is InChI=1S/C25H28N2O4S/c1-4-24(20-8-6-5-7-9-20)26-25(28)18-27(21-12-14-22(31-3)15-13-21)32(29,30)23-16-10-19(2)11-17-23/h5-17,24H,4,18H2,1-3H3,(H,26,28)/t24-/m1/s1. The van der Waals surface area contributed by atoms with Crippen LogP contribution in [-0.4, -0.2) is 28.0 Å².